The van der Waals surface area contributed by atoms with Crippen LogP contribution in [0.3, 0.4) is 0 Å². The molecule has 2 heteroatoms. The van der Waals surface area contributed by atoms with Crippen molar-refractivity contribution in [3.05, 3.63) is 54.1 Å². The molecule has 0 amide bonds. The van der Waals surface area contributed by atoms with E-state index in [1.54, 1.807) is 0 Å². The second kappa shape index (κ2) is 4.89. The lowest BCUT2D eigenvalue weighted by Gasteiger charge is -2.25. The van der Waals surface area contributed by atoms with Crippen LogP contribution in [0, 0.1) is 11.7 Å². The van der Waals surface area contributed by atoms with Crippen molar-refractivity contribution in [2.45, 2.75) is 25.7 Å². The Balaban J connectivity index is 1.92. The van der Waals surface area contributed by atoms with Gasteiger partial charge in [0.25, 0.3) is 0 Å². The fraction of sp³-hybridized carbons (Fsp3) is 0.312. The summed E-state index contributed by atoms with van der Waals surface area (Å²) in [6, 6.07) is 10.7. The average molecular weight is 241 g/mol. The Bertz CT molecular complexity index is 529. The first-order valence-corrected chi connectivity index (χ1v) is 6.53. The zero-order valence-electron chi connectivity index (χ0n) is 10.3. The second-order valence-corrected chi connectivity index (χ2v) is 5.01. The van der Waals surface area contributed by atoms with Crippen LogP contribution in [-0.4, -0.2) is 4.98 Å². The molecule has 0 N–H and O–H groups in total. The van der Waals surface area contributed by atoms with Gasteiger partial charge in [0.05, 0.1) is 0 Å². The number of nitrogens with zero attached hydrogens (tertiary/aromatic N) is 1. The fourth-order valence-corrected chi connectivity index (χ4v) is 2.46. The third-order valence-corrected chi connectivity index (χ3v) is 3.75. The first-order chi connectivity index (χ1) is 8.83. The normalized spacial score (nSPS) is 15.4. The van der Waals surface area contributed by atoms with Crippen LogP contribution in [-0.2, 0) is 6.42 Å². The summed E-state index contributed by atoms with van der Waals surface area (Å²) in [5, 5.41) is 0. The van der Waals surface area contributed by atoms with E-state index in [2.05, 4.69) is 11.1 Å². The number of rotatable bonds is 3. The van der Waals surface area contributed by atoms with E-state index in [-0.39, 0.29) is 5.82 Å². The summed E-state index contributed by atoms with van der Waals surface area (Å²) >= 11 is 0. The van der Waals surface area contributed by atoms with E-state index >= 15 is 0 Å². The Kier molecular flexibility index (Phi) is 3.09. The molecule has 0 atom stereocenters. The lowest BCUT2D eigenvalue weighted by Crippen LogP contribution is -2.15. The third kappa shape index (κ3) is 2.28. The van der Waals surface area contributed by atoms with Crippen LogP contribution in [0.5, 0.6) is 0 Å². The summed E-state index contributed by atoms with van der Waals surface area (Å²) in [5.74, 6) is 0.599. The molecular weight excluding hydrogens is 225 g/mol. The molecule has 1 aliphatic rings. The second-order valence-electron chi connectivity index (χ2n) is 5.01. The van der Waals surface area contributed by atoms with Crippen LogP contribution in [0.25, 0.3) is 11.1 Å². The molecule has 0 aliphatic heterocycles. The fourth-order valence-electron chi connectivity index (χ4n) is 2.46. The molecule has 0 bridgehead atoms. The number of hydrogen-bond acceptors (Lipinski definition) is 1. The molecule has 0 saturated heterocycles. The maximum atomic E-state index is 13.0. The number of benzene rings is 1. The molecule has 1 aromatic heterocycles. The summed E-state index contributed by atoms with van der Waals surface area (Å²) in [5.41, 5.74) is 3.34. The summed E-state index contributed by atoms with van der Waals surface area (Å²) in [6.45, 7) is 0. The maximum absolute atomic E-state index is 13.0. The predicted octanol–water partition coefficient (Wildman–Crippen LogP) is 4.23. The Morgan fingerprint density at radius 1 is 1.11 bits per heavy atom. The van der Waals surface area contributed by atoms with Crippen molar-refractivity contribution in [1.82, 2.24) is 4.98 Å². The van der Waals surface area contributed by atoms with E-state index in [9.17, 15) is 4.39 Å². The zero-order chi connectivity index (χ0) is 12.4. The zero-order valence-corrected chi connectivity index (χ0v) is 10.3. The van der Waals surface area contributed by atoms with Crippen LogP contribution >= 0.6 is 0 Å². The molecule has 0 spiro atoms. The molecule has 18 heavy (non-hydrogen) atoms. The Morgan fingerprint density at radius 3 is 2.56 bits per heavy atom. The SMILES string of the molecule is Fc1ccc(-c2cccnc2CC2CCC2)cc1. The molecule has 2 aromatic rings. The molecule has 1 heterocycles. The molecule has 3 rings (SSSR count). The molecule has 1 fully saturated rings. The highest BCUT2D eigenvalue weighted by molar-refractivity contribution is 5.65. The van der Waals surface area contributed by atoms with E-state index < -0.39 is 0 Å². The van der Waals surface area contributed by atoms with E-state index in [1.165, 1.54) is 31.4 Å². The van der Waals surface area contributed by atoms with Crippen molar-refractivity contribution in [3.63, 3.8) is 0 Å². The van der Waals surface area contributed by atoms with Gasteiger partial charge in [0, 0.05) is 17.5 Å². The highest BCUT2D eigenvalue weighted by Crippen LogP contribution is 2.32. The van der Waals surface area contributed by atoms with Crippen LogP contribution in [0.2, 0.25) is 0 Å². The van der Waals surface area contributed by atoms with Crippen molar-refractivity contribution in [3.8, 4) is 11.1 Å². The van der Waals surface area contributed by atoms with E-state index in [0.717, 1.165) is 29.2 Å². The quantitative estimate of drug-likeness (QED) is 0.783. The number of hydrogen-bond donors (Lipinski definition) is 0. The minimum absolute atomic E-state index is 0.191. The summed E-state index contributed by atoms with van der Waals surface area (Å²) in [6.07, 6.45) is 6.89. The van der Waals surface area contributed by atoms with Gasteiger partial charge in [0.1, 0.15) is 5.82 Å². The van der Waals surface area contributed by atoms with Crippen molar-refractivity contribution < 1.29 is 4.39 Å². The Labute approximate surface area is 107 Å². The van der Waals surface area contributed by atoms with Gasteiger partial charge in [-0.15, -0.1) is 0 Å². The monoisotopic (exact) mass is 241 g/mol. The predicted molar refractivity (Wildman–Crippen MR) is 70.7 cm³/mol. The molecule has 1 nitrogen and oxygen atoms in total. The van der Waals surface area contributed by atoms with E-state index in [1.807, 2.05) is 24.4 Å². The molecule has 1 saturated carbocycles. The minimum atomic E-state index is -0.191. The first-order valence-electron chi connectivity index (χ1n) is 6.53. The third-order valence-electron chi connectivity index (χ3n) is 3.75. The summed E-state index contributed by atoms with van der Waals surface area (Å²) in [4.78, 5) is 4.51. The van der Waals surface area contributed by atoms with Gasteiger partial charge in [0.2, 0.25) is 0 Å². The smallest absolute Gasteiger partial charge is 0.123 e. The molecule has 1 aromatic carbocycles. The highest BCUT2D eigenvalue weighted by Gasteiger charge is 2.19. The van der Waals surface area contributed by atoms with Gasteiger partial charge >= 0.3 is 0 Å². The molecule has 1 aliphatic carbocycles. The van der Waals surface area contributed by atoms with Crippen LogP contribution < -0.4 is 0 Å². The standard InChI is InChI=1S/C16H16FN/c17-14-8-6-13(7-9-14)15-5-2-10-18-16(15)11-12-3-1-4-12/h2,5-10,12H,1,3-4,11H2. The molecule has 0 unspecified atom stereocenters. The van der Waals surface area contributed by atoms with Crippen molar-refractivity contribution in [2.24, 2.45) is 5.92 Å². The minimum Gasteiger partial charge on any atom is -0.261 e. The largest absolute Gasteiger partial charge is 0.261 e. The van der Waals surface area contributed by atoms with Gasteiger partial charge in [-0.3, -0.25) is 4.98 Å². The lowest BCUT2D eigenvalue weighted by atomic mass is 9.81. The van der Waals surface area contributed by atoms with E-state index in [4.69, 9.17) is 0 Å². The van der Waals surface area contributed by atoms with Gasteiger partial charge in [-0.05, 0) is 36.1 Å². The van der Waals surface area contributed by atoms with Crippen molar-refractivity contribution >= 4 is 0 Å². The van der Waals surface area contributed by atoms with Gasteiger partial charge in [-0.2, -0.15) is 0 Å². The highest BCUT2D eigenvalue weighted by atomic mass is 19.1. The average Bonchev–Trinajstić information content (AvgIpc) is 2.35. The Hall–Kier alpha value is -1.70. The molecule has 92 valence electrons. The number of aromatic nitrogens is 1. The van der Waals surface area contributed by atoms with Crippen molar-refractivity contribution in [2.75, 3.05) is 0 Å². The van der Waals surface area contributed by atoms with Crippen LogP contribution in [0.4, 0.5) is 4.39 Å². The van der Waals surface area contributed by atoms with Gasteiger partial charge in [-0.25, -0.2) is 4.39 Å². The summed E-state index contributed by atoms with van der Waals surface area (Å²) in [7, 11) is 0. The summed E-state index contributed by atoms with van der Waals surface area (Å²) < 4.78 is 13.0. The van der Waals surface area contributed by atoms with Crippen molar-refractivity contribution in [1.29, 1.82) is 0 Å². The van der Waals surface area contributed by atoms with E-state index in [0.29, 0.717) is 0 Å². The lowest BCUT2D eigenvalue weighted by molar-refractivity contribution is 0.312. The molecular formula is C16H16FN. The van der Waals surface area contributed by atoms with Gasteiger partial charge in [0.15, 0.2) is 0 Å². The Morgan fingerprint density at radius 2 is 1.89 bits per heavy atom. The van der Waals surface area contributed by atoms with Crippen LogP contribution in [0.1, 0.15) is 25.0 Å². The first kappa shape index (κ1) is 11.4. The molecule has 0 radical (unpaired) electrons. The maximum Gasteiger partial charge on any atom is 0.123 e. The number of halogens is 1. The number of pyridine rings is 1. The van der Waals surface area contributed by atoms with Crippen LogP contribution in [0.15, 0.2) is 42.6 Å². The van der Waals surface area contributed by atoms with Gasteiger partial charge in [-0.1, -0.05) is 37.5 Å². The topological polar surface area (TPSA) is 12.9 Å². The van der Waals surface area contributed by atoms with Gasteiger partial charge < -0.3 is 0 Å².